The molecule has 1 atom stereocenters. The maximum absolute atomic E-state index is 12.5. The minimum atomic E-state index is -3.70. The summed E-state index contributed by atoms with van der Waals surface area (Å²) in [5.74, 6) is 0. The standard InChI is InChI=1S/C15H16N2O2S2/c1-11(12-7-3-2-4-8-12)17-21(18,19)14-10-6-5-9-13(14)15(16)20/h2-11,17H,1H3,(H2,16,20). The Balaban J connectivity index is 2.34. The number of rotatable bonds is 5. The van der Waals surface area contributed by atoms with Gasteiger partial charge in [-0.1, -0.05) is 60.7 Å². The van der Waals surface area contributed by atoms with Crippen LogP contribution in [0.3, 0.4) is 0 Å². The molecule has 0 amide bonds. The second kappa shape index (κ2) is 6.34. The fourth-order valence-electron chi connectivity index (χ4n) is 2.01. The molecule has 110 valence electrons. The molecule has 0 heterocycles. The van der Waals surface area contributed by atoms with E-state index in [1.807, 2.05) is 30.3 Å². The van der Waals surface area contributed by atoms with Gasteiger partial charge in [-0.3, -0.25) is 0 Å². The van der Waals surface area contributed by atoms with Crippen LogP contribution in [-0.2, 0) is 10.0 Å². The van der Waals surface area contributed by atoms with Gasteiger partial charge in [-0.25, -0.2) is 13.1 Å². The van der Waals surface area contributed by atoms with E-state index in [0.717, 1.165) is 5.56 Å². The van der Waals surface area contributed by atoms with Crippen LogP contribution in [0.25, 0.3) is 0 Å². The average Bonchev–Trinajstić information content (AvgIpc) is 2.47. The van der Waals surface area contributed by atoms with Crippen molar-refractivity contribution < 1.29 is 8.42 Å². The van der Waals surface area contributed by atoms with Gasteiger partial charge in [0, 0.05) is 11.6 Å². The van der Waals surface area contributed by atoms with Crippen molar-refractivity contribution in [2.75, 3.05) is 0 Å². The van der Waals surface area contributed by atoms with Gasteiger partial charge in [-0.15, -0.1) is 0 Å². The molecular weight excluding hydrogens is 304 g/mol. The summed E-state index contributed by atoms with van der Waals surface area (Å²) in [5.41, 5.74) is 6.82. The highest BCUT2D eigenvalue weighted by molar-refractivity contribution is 7.89. The van der Waals surface area contributed by atoms with Crippen molar-refractivity contribution in [3.63, 3.8) is 0 Å². The fourth-order valence-corrected chi connectivity index (χ4v) is 3.71. The molecule has 21 heavy (non-hydrogen) atoms. The van der Waals surface area contributed by atoms with Crippen molar-refractivity contribution in [2.24, 2.45) is 5.73 Å². The smallest absolute Gasteiger partial charge is 0.241 e. The Bertz CT molecular complexity index is 743. The number of thiocarbonyl (C=S) groups is 1. The zero-order valence-electron chi connectivity index (χ0n) is 11.5. The van der Waals surface area contributed by atoms with Gasteiger partial charge in [0.05, 0.1) is 4.90 Å². The van der Waals surface area contributed by atoms with E-state index < -0.39 is 10.0 Å². The van der Waals surface area contributed by atoms with Gasteiger partial charge in [0.15, 0.2) is 0 Å². The maximum Gasteiger partial charge on any atom is 0.241 e. The van der Waals surface area contributed by atoms with E-state index in [-0.39, 0.29) is 15.9 Å². The zero-order valence-corrected chi connectivity index (χ0v) is 13.1. The molecule has 0 bridgehead atoms. The largest absolute Gasteiger partial charge is 0.389 e. The van der Waals surface area contributed by atoms with Gasteiger partial charge in [-0.05, 0) is 18.6 Å². The molecule has 0 aliphatic rings. The predicted octanol–water partition coefficient (Wildman–Crippen LogP) is 2.36. The summed E-state index contributed by atoms with van der Waals surface area (Å²) in [7, 11) is -3.70. The molecule has 4 nitrogen and oxygen atoms in total. The third-order valence-electron chi connectivity index (χ3n) is 3.07. The van der Waals surface area contributed by atoms with Crippen LogP contribution in [0.15, 0.2) is 59.5 Å². The second-order valence-corrected chi connectivity index (χ2v) is 6.74. The summed E-state index contributed by atoms with van der Waals surface area (Å²) >= 11 is 4.91. The number of hydrogen-bond donors (Lipinski definition) is 2. The van der Waals surface area contributed by atoms with Gasteiger partial charge in [0.2, 0.25) is 10.0 Å². The van der Waals surface area contributed by atoms with Gasteiger partial charge >= 0.3 is 0 Å². The molecule has 0 fully saturated rings. The van der Waals surface area contributed by atoms with Crippen LogP contribution < -0.4 is 10.5 Å². The number of benzene rings is 2. The van der Waals surface area contributed by atoms with Crippen LogP contribution in [-0.4, -0.2) is 13.4 Å². The molecule has 3 N–H and O–H groups in total. The van der Waals surface area contributed by atoms with E-state index in [2.05, 4.69) is 4.72 Å². The van der Waals surface area contributed by atoms with E-state index in [9.17, 15) is 8.42 Å². The molecule has 0 radical (unpaired) electrons. The van der Waals surface area contributed by atoms with Crippen LogP contribution in [0.1, 0.15) is 24.1 Å². The summed E-state index contributed by atoms with van der Waals surface area (Å²) in [6.07, 6.45) is 0. The Morgan fingerprint density at radius 3 is 2.29 bits per heavy atom. The molecular formula is C15H16N2O2S2. The lowest BCUT2D eigenvalue weighted by Gasteiger charge is -2.16. The minimum absolute atomic E-state index is 0.0586. The topological polar surface area (TPSA) is 72.2 Å². The minimum Gasteiger partial charge on any atom is -0.389 e. The molecule has 0 aromatic heterocycles. The van der Waals surface area contributed by atoms with E-state index in [0.29, 0.717) is 5.56 Å². The number of sulfonamides is 1. The molecule has 2 aromatic rings. The molecule has 0 aliphatic carbocycles. The SMILES string of the molecule is CC(NS(=O)(=O)c1ccccc1C(N)=S)c1ccccc1. The lowest BCUT2D eigenvalue weighted by Crippen LogP contribution is -2.29. The number of nitrogens with two attached hydrogens (primary N) is 1. The molecule has 2 aromatic carbocycles. The average molecular weight is 320 g/mol. The monoisotopic (exact) mass is 320 g/mol. The van der Waals surface area contributed by atoms with Gasteiger partial charge in [0.1, 0.15) is 4.99 Å². The molecule has 2 rings (SSSR count). The summed E-state index contributed by atoms with van der Waals surface area (Å²) in [4.78, 5) is 0.156. The normalized spacial score (nSPS) is 12.8. The first kappa shape index (κ1) is 15.6. The fraction of sp³-hybridized carbons (Fsp3) is 0.133. The summed E-state index contributed by atoms with van der Waals surface area (Å²) < 4.78 is 27.7. The Morgan fingerprint density at radius 2 is 1.67 bits per heavy atom. The molecule has 0 spiro atoms. The molecule has 6 heteroatoms. The molecule has 1 unspecified atom stereocenters. The highest BCUT2D eigenvalue weighted by Gasteiger charge is 2.22. The molecule has 0 saturated carbocycles. The summed E-state index contributed by atoms with van der Waals surface area (Å²) in [5, 5.41) is 0. The number of hydrogen-bond acceptors (Lipinski definition) is 3. The Labute approximate surface area is 130 Å². The third kappa shape index (κ3) is 3.66. The Kier molecular flexibility index (Phi) is 4.72. The Morgan fingerprint density at radius 1 is 1.10 bits per heavy atom. The second-order valence-electron chi connectivity index (χ2n) is 4.61. The van der Waals surface area contributed by atoms with Crippen LogP contribution in [0.2, 0.25) is 0 Å². The predicted molar refractivity (Wildman–Crippen MR) is 87.5 cm³/mol. The molecule has 0 saturated heterocycles. The van der Waals surface area contributed by atoms with Crippen molar-refractivity contribution in [3.8, 4) is 0 Å². The van der Waals surface area contributed by atoms with Crippen molar-refractivity contribution in [2.45, 2.75) is 17.9 Å². The maximum atomic E-state index is 12.5. The van der Waals surface area contributed by atoms with Gasteiger partial charge in [-0.2, -0.15) is 0 Å². The van der Waals surface area contributed by atoms with Crippen LogP contribution in [0, 0.1) is 0 Å². The van der Waals surface area contributed by atoms with Crippen molar-refractivity contribution in [1.29, 1.82) is 0 Å². The van der Waals surface area contributed by atoms with Crippen molar-refractivity contribution >= 4 is 27.2 Å². The van der Waals surface area contributed by atoms with E-state index in [1.165, 1.54) is 6.07 Å². The van der Waals surface area contributed by atoms with E-state index in [4.69, 9.17) is 18.0 Å². The highest BCUT2D eigenvalue weighted by atomic mass is 32.2. The molecule has 0 aliphatic heterocycles. The van der Waals surface area contributed by atoms with E-state index >= 15 is 0 Å². The van der Waals surface area contributed by atoms with E-state index in [1.54, 1.807) is 25.1 Å². The number of nitrogens with one attached hydrogen (secondary N) is 1. The van der Waals surface area contributed by atoms with Crippen LogP contribution in [0.4, 0.5) is 0 Å². The summed E-state index contributed by atoms with van der Waals surface area (Å²) in [6, 6.07) is 15.4. The third-order valence-corrected chi connectivity index (χ3v) is 4.89. The van der Waals surface area contributed by atoms with Crippen molar-refractivity contribution in [1.82, 2.24) is 4.72 Å². The van der Waals surface area contributed by atoms with Crippen LogP contribution in [0.5, 0.6) is 0 Å². The van der Waals surface area contributed by atoms with Crippen LogP contribution >= 0.6 is 12.2 Å². The first-order valence-corrected chi connectivity index (χ1v) is 8.27. The highest BCUT2D eigenvalue weighted by Crippen LogP contribution is 2.19. The first-order valence-electron chi connectivity index (χ1n) is 6.38. The zero-order chi connectivity index (χ0) is 15.5. The van der Waals surface area contributed by atoms with Gasteiger partial charge < -0.3 is 5.73 Å². The van der Waals surface area contributed by atoms with Gasteiger partial charge in [0.25, 0.3) is 0 Å². The quantitative estimate of drug-likeness (QED) is 0.830. The summed E-state index contributed by atoms with van der Waals surface area (Å²) in [6.45, 7) is 1.79. The Hall–Kier alpha value is -1.76. The lowest BCUT2D eigenvalue weighted by molar-refractivity contribution is 0.567. The lowest BCUT2D eigenvalue weighted by atomic mass is 10.1. The van der Waals surface area contributed by atoms with Crippen molar-refractivity contribution in [3.05, 3.63) is 65.7 Å². The first-order chi connectivity index (χ1) is 9.92.